The molecule has 5 nitrogen and oxygen atoms in total. The van der Waals surface area contributed by atoms with E-state index < -0.39 is 11.2 Å². The molecule has 2 aliphatic rings. The van der Waals surface area contributed by atoms with E-state index in [0.717, 1.165) is 28.5 Å². The molecule has 0 saturated heterocycles. The molecule has 1 saturated carbocycles. The summed E-state index contributed by atoms with van der Waals surface area (Å²) < 4.78 is 14.9. The molecule has 3 N–H and O–H groups in total. The number of allylic oxidation sites excluding steroid dienone is 4. The number of rotatable bonds is 5. The Morgan fingerprint density at radius 2 is 2.00 bits per heavy atom. The summed E-state index contributed by atoms with van der Waals surface area (Å²) in [6.45, 7) is 0. The number of fused-ring (bicyclic) bond motifs is 1. The van der Waals surface area contributed by atoms with Crippen LogP contribution >= 0.6 is 0 Å². The second-order valence-electron chi connectivity index (χ2n) is 8.33. The van der Waals surface area contributed by atoms with Gasteiger partial charge in [-0.1, -0.05) is 42.8 Å². The summed E-state index contributed by atoms with van der Waals surface area (Å²) in [6.07, 6.45) is 11.5. The summed E-state index contributed by atoms with van der Waals surface area (Å²) in [4.78, 5) is 13.7. The van der Waals surface area contributed by atoms with Gasteiger partial charge in [0, 0.05) is 23.4 Å². The number of carbonyl (C=O) groups excluding carboxylic acids is 1. The molecule has 5 rings (SSSR count). The molecule has 1 fully saturated rings. The summed E-state index contributed by atoms with van der Waals surface area (Å²) in [5.74, 6) is -0.755. The first-order chi connectivity index (χ1) is 15.6. The van der Waals surface area contributed by atoms with Crippen molar-refractivity contribution in [1.82, 2.24) is 15.5 Å². The lowest BCUT2D eigenvalue weighted by Gasteiger charge is -2.42. The Labute approximate surface area is 185 Å². The number of Topliss-reactive ketones (excluding diaryl/α,β-unsaturated/α-hetero) is 1. The molecule has 2 aromatic carbocycles. The Morgan fingerprint density at radius 1 is 1.16 bits per heavy atom. The van der Waals surface area contributed by atoms with E-state index in [1.807, 2.05) is 36.4 Å². The van der Waals surface area contributed by atoms with Gasteiger partial charge in [0.05, 0.1) is 34.3 Å². The minimum atomic E-state index is -0.832. The number of nitrogens with zero attached hydrogens (tertiary/aromatic N) is 2. The molecule has 0 spiro atoms. The van der Waals surface area contributed by atoms with Gasteiger partial charge in [0.15, 0.2) is 5.78 Å². The molecule has 6 heteroatoms. The van der Waals surface area contributed by atoms with Crippen LogP contribution in [0, 0.1) is 11.2 Å². The number of hydrogen-bond acceptors (Lipinski definition) is 5. The maximum absolute atomic E-state index is 14.9. The summed E-state index contributed by atoms with van der Waals surface area (Å²) in [5.41, 5.74) is 8.27. The molecule has 1 aliphatic carbocycles. The van der Waals surface area contributed by atoms with E-state index in [-0.39, 0.29) is 11.3 Å². The van der Waals surface area contributed by atoms with Crippen molar-refractivity contribution in [3.8, 4) is 0 Å². The van der Waals surface area contributed by atoms with Crippen LogP contribution < -0.4 is 11.1 Å². The highest BCUT2D eigenvalue weighted by Gasteiger charge is 2.49. The third-order valence-electron chi connectivity index (χ3n) is 6.41. The first-order valence-electron chi connectivity index (χ1n) is 10.7. The van der Waals surface area contributed by atoms with E-state index >= 15 is 0 Å². The van der Waals surface area contributed by atoms with E-state index in [9.17, 15) is 9.18 Å². The number of nitrogens with two attached hydrogens (primary N) is 1. The van der Waals surface area contributed by atoms with Crippen molar-refractivity contribution >= 4 is 16.6 Å². The smallest absolute Gasteiger partial charge is 0.177 e. The number of nitrogens with one attached hydrogen (secondary N) is 1. The lowest BCUT2D eigenvalue weighted by atomic mass is 9.62. The van der Waals surface area contributed by atoms with Gasteiger partial charge >= 0.3 is 0 Å². The molecule has 0 atom stereocenters. The van der Waals surface area contributed by atoms with Gasteiger partial charge in [-0.3, -0.25) is 4.79 Å². The predicted octanol–water partition coefficient (Wildman–Crippen LogP) is 4.56. The number of aromatic nitrogens is 2. The van der Waals surface area contributed by atoms with Crippen molar-refractivity contribution < 1.29 is 9.18 Å². The summed E-state index contributed by atoms with van der Waals surface area (Å²) in [5, 5.41) is 13.5. The van der Waals surface area contributed by atoms with Crippen LogP contribution in [0.25, 0.3) is 10.8 Å². The fourth-order valence-corrected chi connectivity index (χ4v) is 4.57. The second-order valence-corrected chi connectivity index (χ2v) is 8.33. The monoisotopic (exact) mass is 426 g/mol. The minimum absolute atomic E-state index is 0.0923. The maximum Gasteiger partial charge on any atom is 0.177 e. The van der Waals surface area contributed by atoms with Crippen molar-refractivity contribution in [2.75, 3.05) is 0 Å². The van der Waals surface area contributed by atoms with Crippen LogP contribution in [-0.4, -0.2) is 16.0 Å². The second kappa shape index (κ2) is 8.04. The SMILES string of the molecule is NC1=C(C2(C(=O)c3cc(Cc4nncc5ccccc45)ccc3F)CCC2)NC=CC=C1. The summed E-state index contributed by atoms with van der Waals surface area (Å²) >= 11 is 0. The largest absolute Gasteiger partial charge is 0.397 e. The van der Waals surface area contributed by atoms with Crippen LogP contribution in [0.5, 0.6) is 0 Å². The Balaban J connectivity index is 1.52. The van der Waals surface area contributed by atoms with Gasteiger partial charge in [0.2, 0.25) is 0 Å². The molecule has 2 heterocycles. The molecule has 0 bridgehead atoms. The van der Waals surface area contributed by atoms with Gasteiger partial charge in [-0.2, -0.15) is 10.2 Å². The zero-order valence-corrected chi connectivity index (χ0v) is 17.5. The van der Waals surface area contributed by atoms with E-state index in [0.29, 0.717) is 30.7 Å². The van der Waals surface area contributed by atoms with Gasteiger partial charge in [0.1, 0.15) is 5.82 Å². The molecule has 0 radical (unpaired) electrons. The molecule has 3 aromatic rings. The summed E-state index contributed by atoms with van der Waals surface area (Å²) in [6, 6.07) is 12.6. The van der Waals surface area contributed by atoms with E-state index in [4.69, 9.17) is 5.73 Å². The van der Waals surface area contributed by atoms with Crippen molar-refractivity contribution in [2.45, 2.75) is 25.7 Å². The highest BCUT2D eigenvalue weighted by atomic mass is 19.1. The number of hydrogen-bond donors (Lipinski definition) is 2. The Hall–Kier alpha value is -3.80. The minimum Gasteiger partial charge on any atom is -0.397 e. The number of ketones is 1. The van der Waals surface area contributed by atoms with Crippen LogP contribution in [-0.2, 0) is 6.42 Å². The molecular formula is C26H23FN4O. The lowest BCUT2D eigenvalue weighted by molar-refractivity contribution is 0.0689. The van der Waals surface area contributed by atoms with Crippen LogP contribution in [0.2, 0.25) is 0 Å². The average molecular weight is 426 g/mol. The fraction of sp³-hybridized carbons (Fsp3) is 0.192. The van der Waals surface area contributed by atoms with Crippen molar-refractivity contribution in [3.05, 3.63) is 107 Å². The Morgan fingerprint density at radius 3 is 2.81 bits per heavy atom. The van der Waals surface area contributed by atoms with E-state index in [1.165, 1.54) is 6.07 Å². The molecule has 160 valence electrons. The third kappa shape index (κ3) is 3.38. The predicted molar refractivity (Wildman–Crippen MR) is 122 cm³/mol. The van der Waals surface area contributed by atoms with Gasteiger partial charge in [-0.05, 0) is 42.7 Å². The Kier molecular flexibility index (Phi) is 5.05. The number of halogens is 1. The third-order valence-corrected chi connectivity index (χ3v) is 6.41. The van der Waals surface area contributed by atoms with Gasteiger partial charge in [0.25, 0.3) is 0 Å². The zero-order chi connectivity index (χ0) is 22.1. The normalized spacial score (nSPS) is 17.0. The first-order valence-corrected chi connectivity index (χ1v) is 10.7. The van der Waals surface area contributed by atoms with E-state index in [2.05, 4.69) is 15.5 Å². The van der Waals surface area contributed by atoms with Gasteiger partial charge in [-0.25, -0.2) is 4.39 Å². The zero-order valence-electron chi connectivity index (χ0n) is 17.5. The van der Waals surface area contributed by atoms with Crippen LogP contribution in [0.1, 0.15) is 40.9 Å². The summed E-state index contributed by atoms with van der Waals surface area (Å²) in [7, 11) is 0. The van der Waals surface area contributed by atoms with Crippen LogP contribution in [0.15, 0.2) is 84.5 Å². The molecule has 1 aromatic heterocycles. The fourth-order valence-electron chi connectivity index (χ4n) is 4.57. The topological polar surface area (TPSA) is 80.9 Å². The highest BCUT2D eigenvalue weighted by molar-refractivity contribution is 6.03. The first kappa shape index (κ1) is 20.1. The highest BCUT2D eigenvalue weighted by Crippen LogP contribution is 2.49. The molecular weight excluding hydrogens is 403 g/mol. The molecule has 1 aliphatic heterocycles. The van der Waals surface area contributed by atoms with Crippen LogP contribution in [0.4, 0.5) is 4.39 Å². The van der Waals surface area contributed by atoms with E-state index in [1.54, 1.807) is 30.6 Å². The molecule has 0 amide bonds. The van der Waals surface area contributed by atoms with Crippen molar-refractivity contribution in [1.29, 1.82) is 0 Å². The standard InChI is InChI=1S/C26H23FN4O/c27-21-10-9-17(15-23-19-7-2-1-6-18(19)16-30-31-23)14-20(21)25(32)26(11-5-12-26)24-22(28)8-3-4-13-29-24/h1-4,6-10,13-14,16,29H,5,11-12,15,28H2. The van der Waals surface area contributed by atoms with Crippen molar-refractivity contribution in [3.63, 3.8) is 0 Å². The molecule has 32 heavy (non-hydrogen) atoms. The quantitative estimate of drug-likeness (QED) is 0.585. The number of carbonyl (C=O) groups is 1. The van der Waals surface area contributed by atoms with Crippen molar-refractivity contribution in [2.24, 2.45) is 11.1 Å². The maximum atomic E-state index is 14.9. The lowest BCUT2D eigenvalue weighted by Crippen LogP contribution is -2.45. The van der Waals surface area contributed by atoms with Crippen LogP contribution in [0.3, 0.4) is 0 Å². The molecule has 0 unspecified atom stereocenters. The van der Waals surface area contributed by atoms with Gasteiger partial charge < -0.3 is 11.1 Å². The van der Waals surface area contributed by atoms with Gasteiger partial charge in [-0.15, -0.1) is 0 Å². The Bertz CT molecular complexity index is 1300. The average Bonchev–Trinajstić information content (AvgIpc) is 2.99. The number of benzene rings is 2.